The number of carbonyl (C=O) groups excluding carboxylic acids is 1. The summed E-state index contributed by atoms with van der Waals surface area (Å²) in [5, 5.41) is 2.77. The molecule has 2 rings (SSSR count). The Morgan fingerprint density at radius 3 is 2.10 bits per heavy atom. The van der Waals surface area contributed by atoms with Crippen molar-refractivity contribution in [1.29, 1.82) is 0 Å². The highest BCUT2D eigenvalue weighted by Crippen LogP contribution is 2.35. The highest BCUT2D eigenvalue weighted by Gasteiger charge is 2.31. The van der Waals surface area contributed by atoms with Crippen LogP contribution in [0.4, 0.5) is 5.69 Å². The van der Waals surface area contributed by atoms with E-state index in [0.717, 1.165) is 16.1 Å². The molecule has 0 bridgehead atoms. The lowest BCUT2D eigenvalue weighted by Gasteiger charge is -2.29. The number of carbonyl (C=O) groups is 1. The molecule has 2 aromatic rings. The molecule has 0 saturated heterocycles. The highest BCUT2D eigenvalue weighted by molar-refractivity contribution is 7.92. The maximum absolute atomic E-state index is 12.7. The van der Waals surface area contributed by atoms with E-state index in [1.807, 2.05) is 12.1 Å². The third kappa shape index (κ3) is 5.54. The molecule has 0 aliphatic heterocycles. The molecule has 29 heavy (non-hydrogen) atoms. The van der Waals surface area contributed by atoms with E-state index >= 15 is 0 Å². The van der Waals surface area contributed by atoms with Crippen molar-refractivity contribution in [3.05, 3.63) is 48.0 Å². The summed E-state index contributed by atoms with van der Waals surface area (Å²) in [6.07, 6.45) is 1.04. The Bertz CT molecular complexity index is 944. The molecule has 0 aliphatic rings. The van der Waals surface area contributed by atoms with Gasteiger partial charge in [0.2, 0.25) is 15.9 Å². The average Bonchev–Trinajstić information content (AvgIpc) is 2.71. The van der Waals surface area contributed by atoms with Crippen LogP contribution in [0.25, 0.3) is 0 Å². The molecule has 0 unspecified atom stereocenters. The third-order valence-corrected chi connectivity index (χ3v) is 5.57. The van der Waals surface area contributed by atoms with Crippen molar-refractivity contribution in [1.82, 2.24) is 5.32 Å². The Hall–Kier alpha value is -2.94. The van der Waals surface area contributed by atoms with Gasteiger partial charge in [-0.15, -0.1) is 0 Å². The highest BCUT2D eigenvalue weighted by atomic mass is 32.2. The number of anilines is 1. The fraction of sp³-hybridized carbons (Fsp3) is 0.350. The van der Waals surface area contributed by atoms with Crippen LogP contribution in [0.3, 0.4) is 0 Å². The minimum Gasteiger partial charge on any atom is -0.497 e. The molecular formula is C20H26N2O6S. The van der Waals surface area contributed by atoms with Crippen molar-refractivity contribution in [2.75, 3.05) is 31.9 Å². The summed E-state index contributed by atoms with van der Waals surface area (Å²) in [5.41, 5.74) is 1.08. The van der Waals surface area contributed by atoms with Gasteiger partial charge in [0.05, 0.1) is 33.3 Å². The van der Waals surface area contributed by atoms with E-state index in [9.17, 15) is 13.2 Å². The van der Waals surface area contributed by atoms with Crippen LogP contribution in [0.15, 0.2) is 42.5 Å². The lowest BCUT2D eigenvalue weighted by Crippen LogP contribution is -2.47. The van der Waals surface area contributed by atoms with E-state index in [-0.39, 0.29) is 12.2 Å². The second kappa shape index (κ2) is 9.51. The lowest BCUT2D eigenvalue weighted by molar-refractivity contribution is -0.122. The van der Waals surface area contributed by atoms with E-state index in [0.29, 0.717) is 17.2 Å². The molecule has 0 saturated carbocycles. The van der Waals surface area contributed by atoms with Gasteiger partial charge < -0.3 is 19.5 Å². The van der Waals surface area contributed by atoms with Gasteiger partial charge in [0.15, 0.2) is 0 Å². The minimum absolute atomic E-state index is 0.224. The first-order valence-corrected chi connectivity index (χ1v) is 10.7. The molecule has 0 radical (unpaired) electrons. The van der Waals surface area contributed by atoms with Gasteiger partial charge in [-0.2, -0.15) is 0 Å². The first-order chi connectivity index (χ1) is 13.7. The molecule has 0 spiro atoms. The van der Waals surface area contributed by atoms with Crippen LogP contribution in [0, 0.1) is 0 Å². The summed E-state index contributed by atoms with van der Waals surface area (Å²) in [6, 6.07) is 11.0. The zero-order chi connectivity index (χ0) is 21.6. The predicted octanol–water partition coefficient (Wildman–Crippen LogP) is 2.18. The second-order valence-corrected chi connectivity index (χ2v) is 8.20. The van der Waals surface area contributed by atoms with Gasteiger partial charge in [-0.3, -0.25) is 9.10 Å². The van der Waals surface area contributed by atoms with E-state index in [1.165, 1.54) is 27.2 Å². The Kier molecular flexibility index (Phi) is 7.33. The van der Waals surface area contributed by atoms with E-state index in [2.05, 4.69) is 5.32 Å². The lowest BCUT2D eigenvalue weighted by atomic mass is 10.2. The van der Waals surface area contributed by atoms with Crippen molar-refractivity contribution >= 4 is 21.6 Å². The molecule has 1 N–H and O–H groups in total. The normalized spacial score (nSPS) is 12.0. The summed E-state index contributed by atoms with van der Waals surface area (Å²) in [5.74, 6) is 1.02. The quantitative estimate of drug-likeness (QED) is 0.666. The van der Waals surface area contributed by atoms with E-state index in [1.54, 1.807) is 31.4 Å². The molecule has 0 aliphatic carbocycles. The van der Waals surface area contributed by atoms with Crippen LogP contribution in [0.5, 0.6) is 17.2 Å². The minimum atomic E-state index is -3.79. The number of methoxy groups -OCH3 is 3. The topological polar surface area (TPSA) is 94.2 Å². The van der Waals surface area contributed by atoms with Crippen molar-refractivity contribution in [2.45, 2.75) is 19.5 Å². The summed E-state index contributed by atoms with van der Waals surface area (Å²) in [6.45, 7) is 1.77. The SMILES string of the molecule is COc1ccc(CNC(=O)[C@@H](C)N(c2cc(OC)ccc2OC)S(C)(=O)=O)cc1. The van der Waals surface area contributed by atoms with Crippen molar-refractivity contribution in [2.24, 2.45) is 0 Å². The van der Waals surface area contributed by atoms with Gasteiger partial charge >= 0.3 is 0 Å². The summed E-state index contributed by atoms with van der Waals surface area (Å²) in [7, 11) is 0.687. The Balaban J connectivity index is 2.27. The van der Waals surface area contributed by atoms with E-state index in [4.69, 9.17) is 14.2 Å². The standard InChI is InChI=1S/C20H26N2O6S/c1-14(20(23)21-13-15-6-8-16(26-2)9-7-15)22(29(5,24)25)18-12-17(27-3)10-11-19(18)28-4/h6-12,14H,13H2,1-5H3,(H,21,23)/t14-/m1/s1. The smallest absolute Gasteiger partial charge is 0.243 e. The first-order valence-electron chi connectivity index (χ1n) is 8.83. The fourth-order valence-corrected chi connectivity index (χ4v) is 4.00. The Labute approximate surface area is 171 Å². The van der Waals surface area contributed by atoms with Crippen LogP contribution in [0.2, 0.25) is 0 Å². The van der Waals surface area contributed by atoms with Gasteiger partial charge in [0, 0.05) is 12.6 Å². The van der Waals surface area contributed by atoms with Gasteiger partial charge in [-0.1, -0.05) is 12.1 Å². The third-order valence-electron chi connectivity index (χ3n) is 4.34. The molecular weight excluding hydrogens is 396 g/mol. The fourth-order valence-electron chi connectivity index (χ4n) is 2.83. The average molecular weight is 423 g/mol. The predicted molar refractivity (Wildman–Crippen MR) is 111 cm³/mol. The Morgan fingerprint density at radius 1 is 1.00 bits per heavy atom. The molecule has 0 aromatic heterocycles. The van der Waals surface area contributed by atoms with Crippen LogP contribution >= 0.6 is 0 Å². The van der Waals surface area contributed by atoms with Crippen molar-refractivity contribution < 1.29 is 27.4 Å². The number of hydrogen-bond donors (Lipinski definition) is 1. The maximum Gasteiger partial charge on any atom is 0.243 e. The van der Waals surface area contributed by atoms with Gasteiger partial charge in [0.1, 0.15) is 23.3 Å². The second-order valence-electron chi connectivity index (χ2n) is 6.34. The number of rotatable bonds is 9. The first kappa shape index (κ1) is 22.4. The van der Waals surface area contributed by atoms with Crippen molar-refractivity contribution in [3.8, 4) is 17.2 Å². The van der Waals surface area contributed by atoms with E-state index < -0.39 is 22.0 Å². The van der Waals surface area contributed by atoms with Crippen LogP contribution < -0.4 is 23.8 Å². The Morgan fingerprint density at radius 2 is 1.59 bits per heavy atom. The summed E-state index contributed by atoms with van der Waals surface area (Å²) in [4.78, 5) is 12.7. The van der Waals surface area contributed by atoms with Gasteiger partial charge in [0.25, 0.3) is 0 Å². The largest absolute Gasteiger partial charge is 0.497 e. The number of ether oxygens (including phenoxy) is 3. The molecule has 9 heteroatoms. The number of benzene rings is 2. The summed E-state index contributed by atoms with van der Waals surface area (Å²) >= 11 is 0. The zero-order valence-electron chi connectivity index (χ0n) is 17.1. The van der Waals surface area contributed by atoms with Crippen LogP contribution in [0.1, 0.15) is 12.5 Å². The number of nitrogens with zero attached hydrogens (tertiary/aromatic N) is 1. The number of sulfonamides is 1. The summed E-state index contributed by atoms with van der Waals surface area (Å²) < 4.78 is 41.7. The van der Waals surface area contributed by atoms with Gasteiger partial charge in [-0.05, 0) is 36.8 Å². The molecule has 0 heterocycles. The zero-order valence-corrected chi connectivity index (χ0v) is 17.9. The maximum atomic E-state index is 12.7. The monoisotopic (exact) mass is 422 g/mol. The molecule has 8 nitrogen and oxygen atoms in total. The molecule has 1 atom stereocenters. The van der Waals surface area contributed by atoms with Crippen molar-refractivity contribution in [3.63, 3.8) is 0 Å². The number of hydrogen-bond acceptors (Lipinski definition) is 6. The number of amides is 1. The van der Waals surface area contributed by atoms with Gasteiger partial charge in [-0.25, -0.2) is 8.42 Å². The molecule has 0 fully saturated rings. The van der Waals surface area contributed by atoms with Crippen LogP contribution in [-0.4, -0.2) is 48.0 Å². The van der Waals surface area contributed by atoms with Crippen LogP contribution in [-0.2, 0) is 21.4 Å². The molecule has 2 aromatic carbocycles. The number of nitrogens with one attached hydrogen (secondary N) is 1. The molecule has 1 amide bonds. The molecule has 158 valence electrons.